The quantitative estimate of drug-likeness (QED) is 0.676. The third-order valence-electron chi connectivity index (χ3n) is 5.81. The Bertz CT molecular complexity index is 1170. The summed E-state index contributed by atoms with van der Waals surface area (Å²) in [5, 5.41) is 0. The molecule has 1 saturated heterocycles. The summed E-state index contributed by atoms with van der Waals surface area (Å²) in [6, 6.07) is 9.59. The van der Waals surface area contributed by atoms with Crippen LogP contribution >= 0.6 is 0 Å². The van der Waals surface area contributed by atoms with Crippen LogP contribution in [-0.4, -0.2) is 40.8 Å². The lowest BCUT2D eigenvalue weighted by Crippen LogP contribution is -2.35. The summed E-state index contributed by atoms with van der Waals surface area (Å²) in [7, 11) is -7.64. The van der Waals surface area contributed by atoms with Gasteiger partial charge in [-0.1, -0.05) is 12.5 Å². The van der Waals surface area contributed by atoms with Crippen LogP contribution in [0.3, 0.4) is 0 Å². The zero-order chi connectivity index (χ0) is 22.1. The predicted octanol–water partition coefficient (Wildman–Crippen LogP) is 3.55. The molecule has 2 aliphatic rings. The molecule has 0 spiro atoms. The number of anilines is 1. The fourth-order valence-electron chi connectivity index (χ4n) is 4.22. The van der Waals surface area contributed by atoms with Crippen LogP contribution in [0.15, 0.2) is 46.2 Å². The minimum Gasteiger partial charge on any atom is -0.492 e. The number of rotatable bonds is 7. The number of nitrogens with zero attached hydrogens (tertiary/aromatic N) is 1. The molecule has 1 heterocycles. The molecule has 0 aromatic heterocycles. The third kappa shape index (κ3) is 4.58. The van der Waals surface area contributed by atoms with E-state index >= 15 is 0 Å². The van der Waals surface area contributed by atoms with Gasteiger partial charge < -0.3 is 4.74 Å². The summed E-state index contributed by atoms with van der Waals surface area (Å²) in [6.45, 7) is 3.00. The van der Waals surface area contributed by atoms with E-state index in [1.165, 1.54) is 28.1 Å². The van der Waals surface area contributed by atoms with Crippen molar-refractivity contribution in [2.45, 2.75) is 55.2 Å². The number of hydrogen-bond donors (Lipinski definition) is 1. The van der Waals surface area contributed by atoms with E-state index < -0.39 is 20.0 Å². The molecular weight excluding hydrogens is 436 g/mol. The van der Waals surface area contributed by atoms with E-state index in [1.807, 2.05) is 6.07 Å². The van der Waals surface area contributed by atoms with Gasteiger partial charge in [0.2, 0.25) is 10.0 Å². The number of fused-ring (bicyclic) bond motifs is 1. The molecule has 1 aliphatic heterocycles. The first-order valence-corrected chi connectivity index (χ1v) is 13.7. The smallest absolute Gasteiger partial charge is 0.261 e. The molecule has 0 atom stereocenters. The molecule has 1 aliphatic carbocycles. The lowest BCUT2D eigenvalue weighted by molar-refractivity contribution is 0.323. The molecular formula is C22H28N2O5S2. The van der Waals surface area contributed by atoms with Crippen LogP contribution in [0.5, 0.6) is 5.75 Å². The molecule has 2 aromatic carbocycles. The van der Waals surface area contributed by atoms with Crippen molar-refractivity contribution in [1.29, 1.82) is 0 Å². The fourth-order valence-corrected chi connectivity index (χ4v) is 7.00. The van der Waals surface area contributed by atoms with Crippen LogP contribution in [0.2, 0.25) is 0 Å². The molecule has 0 radical (unpaired) electrons. The van der Waals surface area contributed by atoms with Crippen molar-refractivity contribution in [1.82, 2.24) is 4.31 Å². The van der Waals surface area contributed by atoms with Gasteiger partial charge in [-0.2, -0.15) is 4.31 Å². The van der Waals surface area contributed by atoms with E-state index in [9.17, 15) is 16.8 Å². The second-order valence-corrected chi connectivity index (χ2v) is 11.5. The van der Waals surface area contributed by atoms with Gasteiger partial charge in [0, 0.05) is 13.1 Å². The van der Waals surface area contributed by atoms with E-state index in [0.29, 0.717) is 19.7 Å². The fraction of sp³-hybridized carbons (Fsp3) is 0.455. The maximum Gasteiger partial charge on any atom is 0.261 e. The van der Waals surface area contributed by atoms with Gasteiger partial charge in [0.05, 0.1) is 17.2 Å². The van der Waals surface area contributed by atoms with Crippen LogP contribution in [0.4, 0.5) is 5.69 Å². The van der Waals surface area contributed by atoms with E-state index in [2.05, 4.69) is 4.72 Å². The first-order valence-electron chi connectivity index (χ1n) is 10.7. The molecule has 0 amide bonds. The summed E-state index contributed by atoms with van der Waals surface area (Å²) in [5.74, 6) is 0.230. The van der Waals surface area contributed by atoms with E-state index in [4.69, 9.17) is 4.74 Å². The van der Waals surface area contributed by atoms with Gasteiger partial charge >= 0.3 is 0 Å². The van der Waals surface area contributed by atoms with Crippen LogP contribution < -0.4 is 9.46 Å². The Kier molecular flexibility index (Phi) is 6.27. The number of hydrogen-bond acceptors (Lipinski definition) is 5. The predicted molar refractivity (Wildman–Crippen MR) is 119 cm³/mol. The largest absolute Gasteiger partial charge is 0.492 e. The highest BCUT2D eigenvalue weighted by Gasteiger charge is 2.30. The number of nitrogens with one attached hydrogen (secondary N) is 1. The molecule has 0 unspecified atom stereocenters. The molecule has 2 aromatic rings. The molecule has 1 N–H and O–H groups in total. The Labute approximate surface area is 184 Å². The summed E-state index contributed by atoms with van der Waals surface area (Å²) >= 11 is 0. The molecule has 7 nitrogen and oxygen atoms in total. The minimum absolute atomic E-state index is 0.00889. The number of sulfonamides is 2. The highest BCUT2D eigenvalue weighted by molar-refractivity contribution is 7.92. The molecule has 1 fully saturated rings. The minimum atomic E-state index is -3.85. The van der Waals surface area contributed by atoms with Gasteiger partial charge in [0.15, 0.2) is 0 Å². The van der Waals surface area contributed by atoms with Gasteiger partial charge in [-0.25, -0.2) is 16.8 Å². The van der Waals surface area contributed by atoms with E-state index in [1.54, 1.807) is 19.1 Å². The second kappa shape index (κ2) is 8.80. The number of aryl methyl sites for hydroxylation is 2. The maximum absolute atomic E-state index is 13.3. The van der Waals surface area contributed by atoms with Crippen molar-refractivity contribution in [3.8, 4) is 5.75 Å². The lowest BCUT2D eigenvalue weighted by Gasteiger charge is -2.27. The Morgan fingerprint density at radius 3 is 2.39 bits per heavy atom. The summed E-state index contributed by atoms with van der Waals surface area (Å²) in [6.07, 6.45) is 5.51. The normalized spacial score (nSPS) is 17.3. The zero-order valence-corrected chi connectivity index (χ0v) is 19.3. The number of piperidine rings is 1. The van der Waals surface area contributed by atoms with Crippen molar-refractivity contribution in [3.63, 3.8) is 0 Å². The van der Waals surface area contributed by atoms with Gasteiger partial charge in [0.25, 0.3) is 10.0 Å². The first-order chi connectivity index (χ1) is 14.8. The van der Waals surface area contributed by atoms with Crippen molar-refractivity contribution in [3.05, 3.63) is 47.5 Å². The zero-order valence-electron chi connectivity index (χ0n) is 17.6. The van der Waals surface area contributed by atoms with Crippen molar-refractivity contribution in [2.24, 2.45) is 0 Å². The average Bonchev–Trinajstić information content (AvgIpc) is 3.23. The van der Waals surface area contributed by atoms with Gasteiger partial charge in [-0.05, 0) is 80.5 Å². The maximum atomic E-state index is 13.3. The Balaban J connectivity index is 1.67. The van der Waals surface area contributed by atoms with Crippen LogP contribution in [0.1, 0.15) is 43.7 Å². The average molecular weight is 465 g/mol. The topological polar surface area (TPSA) is 92.8 Å². The van der Waals surface area contributed by atoms with Gasteiger partial charge in [-0.15, -0.1) is 0 Å². The van der Waals surface area contributed by atoms with Crippen molar-refractivity contribution in [2.75, 3.05) is 24.4 Å². The summed E-state index contributed by atoms with van der Waals surface area (Å²) in [5.41, 5.74) is 2.44. The Hall–Kier alpha value is -2.10. The number of ether oxygens (including phenoxy) is 1. The monoisotopic (exact) mass is 464 g/mol. The van der Waals surface area contributed by atoms with Gasteiger partial charge in [-0.3, -0.25) is 4.72 Å². The van der Waals surface area contributed by atoms with Gasteiger partial charge in [0.1, 0.15) is 10.6 Å². The molecule has 9 heteroatoms. The SMILES string of the molecule is CCOc1ccc(NS(=O)(=O)c2ccc3c(c2)CCC3)cc1S(=O)(=O)N1CCCCC1. The standard InChI is InChI=1S/C22H28N2O5S2/c1-2-29-21-12-10-19(16-22(21)31(27,28)24-13-4-3-5-14-24)23-30(25,26)20-11-9-17-7-6-8-18(17)15-20/h9-12,15-16,23H,2-8,13-14H2,1H3. The highest BCUT2D eigenvalue weighted by Crippen LogP contribution is 2.32. The molecule has 4 rings (SSSR count). The van der Waals surface area contributed by atoms with E-state index in [0.717, 1.165) is 44.1 Å². The lowest BCUT2D eigenvalue weighted by atomic mass is 10.1. The molecule has 0 bridgehead atoms. The summed E-state index contributed by atoms with van der Waals surface area (Å²) in [4.78, 5) is 0.174. The second-order valence-electron chi connectivity index (χ2n) is 7.95. The molecule has 31 heavy (non-hydrogen) atoms. The van der Waals surface area contributed by atoms with Crippen LogP contribution in [0.25, 0.3) is 0 Å². The Morgan fingerprint density at radius 2 is 1.65 bits per heavy atom. The summed E-state index contributed by atoms with van der Waals surface area (Å²) < 4.78 is 62.0. The number of benzene rings is 2. The Morgan fingerprint density at radius 1 is 0.903 bits per heavy atom. The van der Waals surface area contributed by atoms with Crippen molar-refractivity contribution >= 4 is 25.7 Å². The third-order valence-corrected chi connectivity index (χ3v) is 9.11. The first kappa shape index (κ1) is 22.1. The highest BCUT2D eigenvalue weighted by atomic mass is 32.2. The molecule has 0 saturated carbocycles. The van der Waals surface area contributed by atoms with E-state index in [-0.39, 0.29) is 21.2 Å². The van der Waals surface area contributed by atoms with Crippen LogP contribution in [-0.2, 0) is 32.9 Å². The van der Waals surface area contributed by atoms with Crippen molar-refractivity contribution < 1.29 is 21.6 Å². The van der Waals surface area contributed by atoms with Crippen LogP contribution in [0, 0.1) is 0 Å². The molecule has 168 valence electrons.